The van der Waals surface area contributed by atoms with E-state index in [0.29, 0.717) is 11.8 Å². The van der Waals surface area contributed by atoms with Gasteiger partial charge < -0.3 is 9.88 Å². The van der Waals surface area contributed by atoms with Crippen LogP contribution in [0, 0.1) is 0 Å². The number of nitrogens with zero attached hydrogens (tertiary/aromatic N) is 1. The summed E-state index contributed by atoms with van der Waals surface area (Å²) in [6, 6.07) is 1.83. The highest BCUT2D eigenvalue weighted by atomic mass is 32.2. The minimum atomic E-state index is -4.63. The van der Waals surface area contributed by atoms with Gasteiger partial charge in [-0.3, -0.25) is 9.59 Å². The van der Waals surface area contributed by atoms with Crippen molar-refractivity contribution in [2.75, 3.05) is 12.3 Å². The molecular weight excluding hydrogens is 329 g/mol. The molecule has 126 valence electrons. The molecule has 1 amide bonds. The molecule has 1 aliphatic heterocycles. The van der Waals surface area contributed by atoms with E-state index in [1.54, 1.807) is 9.88 Å². The molecule has 4 nitrogen and oxygen atoms in total. The predicted octanol–water partition coefficient (Wildman–Crippen LogP) is 2.89. The standard InChI is InChI=1S/C15H17F3N2O2S/c16-15(17,18)12-6-5-9(13(21)19-12)14(22)20-7-8-23-11-4-2-1-3-10(11)20/h5-6,10-11H,1-4,7-8H2,(H,19,21)/t10-,11+/m0/s1. The first-order valence-corrected chi connectivity index (χ1v) is 8.66. The topological polar surface area (TPSA) is 53.2 Å². The van der Waals surface area contributed by atoms with Crippen LogP contribution in [-0.4, -0.2) is 39.4 Å². The van der Waals surface area contributed by atoms with E-state index < -0.39 is 23.3 Å². The zero-order valence-electron chi connectivity index (χ0n) is 12.4. The molecular formula is C15H17F3N2O2S. The lowest BCUT2D eigenvalue weighted by Gasteiger charge is -2.43. The Morgan fingerprint density at radius 2 is 2.00 bits per heavy atom. The van der Waals surface area contributed by atoms with Gasteiger partial charge in [-0.2, -0.15) is 24.9 Å². The molecule has 1 aromatic rings. The number of hydrogen-bond donors (Lipinski definition) is 1. The maximum Gasteiger partial charge on any atom is 0.431 e. The van der Waals surface area contributed by atoms with Crippen molar-refractivity contribution in [3.05, 3.63) is 33.7 Å². The van der Waals surface area contributed by atoms with E-state index in [4.69, 9.17) is 0 Å². The van der Waals surface area contributed by atoms with Crippen molar-refractivity contribution in [3.8, 4) is 0 Å². The number of H-pyrrole nitrogens is 1. The molecule has 0 unspecified atom stereocenters. The lowest BCUT2D eigenvalue weighted by Crippen LogP contribution is -2.52. The van der Waals surface area contributed by atoms with Crippen LogP contribution in [0.5, 0.6) is 0 Å². The Hall–Kier alpha value is -1.44. The van der Waals surface area contributed by atoms with Crippen molar-refractivity contribution < 1.29 is 18.0 Å². The Balaban J connectivity index is 1.86. The number of pyridine rings is 1. The largest absolute Gasteiger partial charge is 0.431 e. The number of amides is 1. The van der Waals surface area contributed by atoms with Gasteiger partial charge in [-0.25, -0.2) is 0 Å². The lowest BCUT2D eigenvalue weighted by atomic mass is 9.93. The number of rotatable bonds is 1. The molecule has 1 saturated carbocycles. The first-order chi connectivity index (χ1) is 10.9. The molecule has 1 N–H and O–H groups in total. The highest BCUT2D eigenvalue weighted by molar-refractivity contribution is 8.00. The van der Waals surface area contributed by atoms with Gasteiger partial charge in [0.25, 0.3) is 11.5 Å². The third kappa shape index (κ3) is 3.27. The van der Waals surface area contributed by atoms with E-state index in [-0.39, 0.29) is 11.6 Å². The van der Waals surface area contributed by atoms with Gasteiger partial charge in [-0.1, -0.05) is 12.8 Å². The molecule has 2 fully saturated rings. The molecule has 2 heterocycles. The highest BCUT2D eigenvalue weighted by Crippen LogP contribution is 2.36. The summed E-state index contributed by atoms with van der Waals surface area (Å²) < 4.78 is 37.8. The third-order valence-corrected chi connectivity index (χ3v) is 5.83. The fourth-order valence-corrected chi connectivity index (χ4v) is 4.75. The number of aromatic nitrogens is 1. The predicted molar refractivity (Wildman–Crippen MR) is 81.6 cm³/mol. The number of nitrogens with one attached hydrogen (secondary N) is 1. The number of thioether (sulfide) groups is 1. The van der Waals surface area contributed by atoms with Crippen molar-refractivity contribution in [2.24, 2.45) is 0 Å². The molecule has 0 bridgehead atoms. The van der Waals surface area contributed by atoms with Crippen LogP contribution in [0.25, 0.3) is 0 Å². The first kappa shape index (κ1) is 16.4. The number of hydrogen-bond acceptors (Lipinski definition) is 3. The summed E-state index contributed by atoms with van der Waals surface area (Å²) in [5, 5.41) is 0.370. The summed E-state index contributed by atoms with van der Waals surface area (Å²) in [4.78, 5) is 28.0. The van der Waals surface area contributed by atoms with Gasteiger partial charge in [0, 0.05) is 23.6 Å². The molecule has 0 radical (unpaired) electrons. The quantitative estimate of drug-likeness (QED) is 0.851. The normalized spacial score (nSPS) is 25.1. The molecule has 8 heteroatoms. The zero-order chi connectivity index (χ0) is 16.6. The fourth-order valence-electron chi connectivity index (χ4n) is 3.31. The Morgan fingerprint density at radius 3 is 2.70 bits per heavy atom. The molecule has 2 atom stereocenters. The first-order valence-electron chi connectivity index (χ1n) is 7.61. The van der Waals surface area contributed by atoms with E-state index in [1.807, 2.05) is 11.8 Å². The maximum atomic E-state index is 12.7. The van der Waals surface area contributed by atoms with Gasteiger partial charge in [0.2, 0.25) is 0 Å². The van der Waals surface area contributed by atoms with Crippen LogP contribution in [0.15, 0.2) is 16.9 Å². The number of alkyl halides is 3. The number of halogens is 3. The van der Waals surface area contributed by atoms with E-state index in [2.05, 4.69) is 0 Å². The van der Waals surface area contributed by atoms with Gasteiger partial charge in [-0.15, -0.1) is 0 Å². The monoisotopic (exact) mass is 346 g/mol. The van der Waals surface area contributed by atoms with Crippen LogP contribution < -0.4 is 5.56 Å². The fraction of sp³-hybridized carbons (Fsp3) is 0.600. The van der Waals surface area contributed by atoms with Crippen LogP contribution in [0.3, 0.4) is 0 Å². The second-order valence-electron chi connectivity index (χ2n) is 5.87. The zero-order valence-corrected chi connectivity index (χ0v) is 13.2. The van der Waals surface area contributed by atoms with Crippen LogP contribution in [-0.2, 0) is 6.18 Å². The minimum Gasteiger partial charge on any atom is -0.334 e. The Labute approximate surface area is 135 Å². The summed E-state index contributed by atoms with van der Waals surface area (Å²) >= 11 is 1.84. The van der Waals surface area contributed by atoms with E-state index >= 15 is 0 Å². The molecule has 0 aromatic carbocycles. The molecule has 23 heavy (non-hydrogen) atoms. The molecule has 0 spiro atoms. The van der Waals surface area contributed by atoms with Crippen LogP contribution in [0.2, 0.25) is 0 Å². The summed E-state index contributed by atoms with van der Waals surface area (Å²) in [5.74, 6) is 0.336. The SMILES string of the molecule is O=C(c1ccc(C(F)(F)F)[nH]c1=O)N1CCS[C@@H]2CCCC[C@@H]21. The summed E-state index contributed by atoms with van der Waals surface area (Å²) in [7, 11) is 0. The van der Waals surface area contributed by atoms with Gasteiger partial charge in [0.15, 0.2) is 0 Å². The highest BCUT2D eigenvalue weighted by Gasteiger charge is 2.38. The average molecular weight is 346 g/mol. The molecule has 1 saturated heterocycles. The van der Waals surface area contributed by atoms with E-state index in [0.717, 1.165) is 43.6 Å². The molecule has 1 aromatic heterocycles. The van der Waals surface area contributed by atoms with Gasteiger partial charge >= 0.3 is 6.18 Å². The van der Waals surface area contributed by atoms with Crippen LogP contribution in [0.4, 0.5) is 13.2 Å². The second kappa shape index (κ2) is 6.22. The number of aromatic amines is 1. The number of carbonyl (C=O) groups is 1. The Bertz CT molecular complexity index is 657. The van der Waals surface area contributed by atoms with E-state index in [1.165, 1.54) is 0 Å². The van der Waals surface area contributed by atoms with E-state index in [9.17, 15) is 22.8 Å². The maximum absolute atomic E-state index is 12.7. The average Bonchev–Trinajstić information content (AvgIpc) is 2.53. The number of carbonyl (C=O) groups excluding carboxylic acids is 1. The van der Waals surface area contributed by atoms with Crippen LogP contribution in [0.1, 0.15) is 41.7 Å². The third-order valence-electron chi connectivity index (χ3n) is 4.44. The molecule has 1 aliphatic carbocycles. The Kier molecular flexibility index (Phi) is 4.44. The van der Waals surface area contributed by atoms with Gasteiger partial charge in [-0.05, 0) is 25.0 Å². The van der Waals surface area contributed by atoms with Crippen molar-refractivity contribution in [1.82, 2.24) is 9.88 Å². The number of fused-ring (bicyclic) bond motifs is 1. The summed E-state index contributed by atoms with van der Waals surface area (Å²) in [6.07, 6.45) is -0.521. The lowest BCUT2D eigenvalue weighted by molar-refractivity contribution is -0.141. The molecule has 3 rings (SSSR count). The van der Waals surface area contributed by atoms with Gasteiger partial charge in [0.1, 0.15) is 11.3 Å². The minimum absolute atomic E-state index is 0.0803. The summed E-state index contributed by atoms with van der Waals surface area (Å²) in [5.41, 5.74) is -2.33. The van der Waals surface area contributed by atoms with Crippen molar-refractivity contribution in [1.29, 1.82) is 0 Å². The smallest absolute Gasteiger partial charge is 0.334 e. The van der Waals surface area contributed by atoms with Crippen molar-refractivity contribution >= 4 is 17.7 Å². The van der Waals surface area contributed by atoms with Crippen LogP contribution >= 0.6 is 11.8 Å². The van der Waals surface area contributed by atoms with Gasteiger partial charge in [0.05, 0.1) is 0 Å². The Morgan fingerprint density at radius 1 is 1.26 bits per heavy atom. The summed E-state index contributed by atoms with van der Waals surface area (Å²) in [6.45, 7) is 0.533. The van der Waals surface area contributed by atoms with Crippen molar-refractivity contribution in [3.63, 3.8) is 0 Å². The van der Waals surface area contributed by atoms with Crippen molar-refractivity contribution in [2.45, 2.75) is 43.2 Å². The second-order valence-corrected chi connectivity index (χ2v) is 7.22. The molecule has 2 aliphatic rings.